The molecule has 0 aliphatic carbocycles. The summed E-state index contributed by atoms with van der Waals surface area (Å²) >= 11 is 0. The first kappa shape index (κ1) is 12.5. The molecule has 0 aliphatic heterocycles. The average molecular weight is 271 g/mol. The molecule has 2 N–H and O–H groups in total. The number of para-hydroxylation sites is 1. The van der Waals surface area contributed by atoms with Crippen molar-refractivity contribution in [3.8, 4) is 11.4 Å². The highest BCUT2D eigenvalue weighted by Gasteiger charge is 2.15. The fourth-order valence-electron chi connectivity index (χ4n) is 2.35. The largest absolute Gasteiger partial charge is 0.497 e. The van der Waals surface area contributed by atoms with Gasteiger partial charge in [-0.05, 0) is 30.7 Å². The molecule has 2 aromatic carbocycles. The van der Waals surface area contributed by atoms with E-state index < -0.39 is 0 Å². The van der Waals surface area contributed by atoms with Crippen LogP contribution in [0.15, 0.2) is 36.4 Å². The Labute approximate surface area is 115 Å². The number of benzene rings is 2. The first-order chi connectivity index (χ1) is 9.61. The Kier molecular flexibility index (Phi) is 2.82. The topological polar surface area (TPSA) is 53.1 Å². The number of methoxy groups -OCH3 is 1. The lowest BCUT2D eigenvalue weighted by atomic mass is 10.2. The number of rotatable bonds is 2. The van der Waals surface area contributed by atoms with Crippen LogP contribution in [0.3, 0.4) is 0 Å². The Morgan fingerprint density at radius 2 is 2.05 bits per heavy atom. The van der Waals surface area contributed by atoms with Crippen LogP contribution in [-0.4, -0.2) is 16.7 Å². The SMILES string of the molecule is COc1ccc(F)c(-n2c(N)nc3cccc(C)c32)c1. The molecule has 1 aromatic heterocycles. The van der Waals surface area contributed by atoms with Crippen LogP contribution in [0.5, 0.6) is 5.75 Å². The summed E-state index contributed by atoms with van der Waals surface area (Å²) in [7, 11) is 1.54. The molecule has 0 atom stereocenters. The van der Waals surface area contributed by atoms with Crippen LogP contribution in [0.1, 0.15) is 5.56 Å². The number of aryl methyl sites for hydroxylation is 1. The maximum atomic E-state index is 14.1. The van der Waals surface area contributed by atoms with E-state index in [9.17, 15) is 4.39 Å². The van der Waals surface area contributed by atoms with Crippen LogP contribution in [0.4, 0.5) is 10.3 Å². The second-order valence-corrected chi connectivity index (χ2v) is 4.57. The van der Waals surface area contributed by atoms with E-state index in [-0.39, 0.29) is 11.8 Å². The van der Waals surface area contributed by atoms with Crippen LogP contribution in [0.2, 0.25) is 0 Å². The van der Waals surface area contributed by atoms with Crippen molar-refractivity contribution in [2.45, 2.75) is 6.92 Å². The van der Waals surface area contributed by atoms with Gasteiger partial charge < -0.3 is 10.5 Å². The van der Waals surface area contributed by atoms with Gasteiger partial charge in [0.15, 0.2) is 0 Å². The third-order valence-electron chi connectivity index (χ3n) is 3.30. The number of ether oxygens (including phenoxy) is 1. The van der Waals surface area contributed by atoms with Crippen LogP contribution in [-0.2, 0) is 0 Å². The number of hydrogen-bond donors (Lipinski definition) is 1. The standard InChI is InChI=1S/C15H14FN3O/c1-9-4-3-5-12-14(9)19(15(17)18-12)13-8-10(20-2)6-7-11(13)16/h3-8H,1-2H3,(H2,17,18). The Balaban J connectivity index is 2.37. The number of nitrogens with two attached hydrogens (primary N) is 1. The van der Waals surface area contributed by atoms with Gasteiger partial charge in [0.1, 0.15) is 11.6 Å². The van der Waals surface area contributed by atoms with Gasteiger partial charge in [0, 0.05) is 6.07 Å². The van der Waals surface area contributed by atoms with Crippen molar-refractivity contribution in [1.29, 1.82) is 0 Å². The number of nitrogens with zero attached hydrogens (tertiary/aromatic N) is 2. The first-order valence-corrected chi connectivity index (χ1v) is 6.19. The molecule has 102 valence electrons. The van der Waals surface area contributed by atoms with E-state index in [4.69, 9.17) is 10.5 Å². The predicted molar refractivity (Wildman–Crippen MR) is 76.7 cm³/mol. The molecule has 0 radical (unpaired) electrons. The molecule has 1 heterocycles. The zero-order valence-electron chi connectivity index (χ0n) is 11.2. The number of fused-ring (bicyclic) bond motifs is 1. The fourth-order valence-corrected chi connectivity index (χ4v) is 2.35. The van der Waals surface area contributed by atoms with Gasteiger partial charge in [-0.15, -0.1) is 0 Å². The number of halogens is 1. The summed E-state index contributed by atoms with van der Waals surface area (Å²) < 4.78 is 20.9. The summed E-state index contributed by atoms with van der Waals surface area (Å²) in [5, 5.41) is 0. The highest BCUT2D eigenvalue weighted by Crippen LogP contribution is 2.29. The van der Waals surface area contributed by atoms with Gasteiger partial charge in [0.2, 0.25) is 5.95 Å². The number of hydrogen-bond acceptors (Lipinski definition) is 3. The minimum absolute atomic E-state index is 0.251. The lowest BCUT2D eigenvalue weighted by Gasteiger charge is -2.11. The lowest BCUT2D eigenvalue weighted by Crippen LogP contribution is -2.04. The van der Waals surface area contributed by atoms with Crippen molar-refractivity contribution in [3.63, 3.8) is 0 Å². The van der Waals surface area contributed by atoms with E-state index in [0.29, 0.717) is 11.4 Å². The minimum Gasteiger partial charge on any atom is -0.497 e. The molecule has 0 saturated carbocycles. The second kappa shape index (κ2) is 4.52. The van der Waals surface area contributed by atoms with Crippen LogP contribution < -0.4 is 10.5 Å². The average Bonchev–Trinajstić information content (AvgIpc) is 2.77. The normalized spacial score (nSPS) is 10.9. The molecule has 0 fully saturated rings. The Hall–Kier alpha value is -2.56. The first-order valence-electron chi connectivity index (χ1n) is 6.19. The Morgan fingerprint density at radius 1 is 1.25 bits per heavy atom. The van der Waals surface area contributed by atoms with E-state index in [1.165, 1.54) is 13.2 Å². The summed E-state index contributed by atoms with van der Waals surface area (Å²) in [6, 6.07) is 10.2. The van der Waals surface area contributed by atoms with Crippen molar-refractivity contribution >= 4 is 17.0 Å². The lowest BCUT2D eigenvalue weighted by molar-refractivity contribution is 0.413. The molecule has 0 saturated heterocycles. The highest BCUT2D eigenvalue weighted by atomic mass is 19.1. The maximum absolute atomic E-state index is 14.1. The summed E-state index contributed by atoms with van der Waals surface area (Å²) in [5.41, 5.74) is 8.81. The number of nitrogen functional groups attached to an aromatic ring is 1. The predicted octanol–water partition coefficient (Wildman–Crippen LogP) is 3.06. The van der Waals surface area contributed by atoms with Gasteiger partial charge >= 0.3 is 0 Å². The van der Waals surface area contributed by atoms with E-state index in [1.54, 1.807) is 16.7 Å². The van der Waals surface area contributed by atoms with E-state index in [0.717, 1.165) is 16.6 Å². The van der Waals surface area contributed by atoms with E-state index in [2.05, 4.69) is 4.98 Å². The van der Waals surface area contributed by atoms with Gasteiger partial charge in [-0.3, -0.25) is 4.57 Å². The van der Waals surface area contributed by atoms with E-state index in [1.807, 2.05) is 25.1 Å². The smallest absolute Gasteiger partial charge is 0.206 e. The van der Waals surface area contributed by atoms with Gasteiger partial charge in [-0.2, -0.15) is 0 Å². The van der Waals surface area contributed by atoms with Crippen LogP contribution >= 0.6 is 0 Å². The third-order valence-corrected chi connectivity index (χ3v) is 3.30. The summed E-state index contributed by atoms with van der Waals surface area (Å²) in [6.07, 6.45) is 0. The Bertz CT molecular complexity index is 795. The molecule has 5 heteroatoms. The Morgan fingerprint density at radius 3 is 2.80 bits per heavy atom. The van der Waals surface area contributed by atoms with Gasteiger partial charge in [-0.25, -0.2) is 9.37 Å². The van der Waals surface area contributed by atoms with Gasteiger partial charge in [0.25, 0.3) is 0 Å². The fraction of sp³-hybridized carbons (Fsp3) is 0.133. The molecule has 0 amide bonds. The highest BCUT2D eigenvalue weighted by molar-refractivity contribution is 5.84. The molecule has 0 spiro atoms. The van der Waals surface area contributed by atoms with Crippen LogP contribution in [0.25, 0.3) is 16.7 Å². The molecular weight excluding hydrogens is 257 g/mol. The number of anilines is 1. The molecule has 20 heavy (non-hydrogen) atoms. The molecule has 0 unspecified atom stereocenters. The maximum Gasteiger partial charge on any atom is 0.206 e. The van der Waals surface area contributed by atoms with Crippen molar-refractivity contribution in [1.82, 2.24) is 9.55 Å². The van der Waals surface area contributed by atoms with E-state index >= 15 is 0 Å². The number of imidazole rings is 1. The van der Waals surface area contributed by atoms with Crippen molar-refractivity contribution in [2.75, 3.05) is 12.8 Å². The molecule has 0 aliphatic rings. The molecule has 3 rings (SSSR count). The summed E-state index contributed by atoms with van der Waals surface area (Å²) in [6.45, 7) is 1.94. The summed E-state index contributed by atoms with van der Waals surface area (Å²) in [4.78, 5) is 4.28. The summed E-state index contributed by atoms with van der Waals surface area (Å²) in [5.74, 6) is 0.442. The van der Waals surface area contributed by atoms with Crippen molar-refractivity contribution in [2.24, 2.45) is 0 Å². The second-order valence-electron chi connectivity index (χ2n) is 4.57. The minimum atomic E-state index is -0.375. The van der Waals surface area contributed by atoms with Gasteiger partial charge in [0.05, 0.1) is 23.8 Å². The zero-order valence-corrected chi connectivity index (χ0v) is 11.2. The molecule has 4 nitrogen and oxygen atoms in total. The quantitative estimate of drug-likeness (QED) is 0.779. The third kappa shape index (κ3) is 1.79. The molecule has 0 bridgehead atoms. The van der Waals surface area contributed by atoms with Crippen LogP contribution in [0, 0.1) is 12.7 Å². The monoisotopic (exact) mass is 271 g/mol. The zero-order chi connectivity index (χ0) is 14.3. The van der Waals surface area contributed by atoms with Gasteiger partial charge in [-0.1, -0.05) is 12.1 Å². The number of aromatic nitrogens is 2. The molecular formula is C15H14FN3O. The van der Waals surface area contributed by atoms with Crippen molar-refractivity contribution < 1.29 is 9.13 Å². The van der Waals surface area contributed by atoms with Crippen molar-refractivity contribution in [3.05, 3.63) is 47.8 Å². The molecule has 3 aromatic rings.